The van der Waals surface area contributed by atoms with Crippen LogP contribution in [0.1, 0.15) is 32.6 Å². The molecule has 1 spiro atoms. The molecule has 0 N–H and O–H groups in total. The van der Waals surface area contributed by atoms with Crippen LogP contribution < -0.4 is 0 Å². The Morgan fingerprint density at radius 2 is 2.27 bits per heavy atom. The van der Waals surface area contributed by atoms with Crippen molar-refractivity contribution in [3.05, 3.63) is 11.6 Å². The van der Waals surface area contributed by atoms with Crippen LogP contribution in [0.25, 0.3) is 0 Å². The summed E-state index contributed by atoms with van der Waals surface area (Å²) in [6, 6.07) is 0. The van der Waals surface area contributed by atoms with Gasteiger partial charge in [0.1, 0.15) is 0 Å². The molecule has 0 radical (unpaired) electrons. The first kappa shape index (κ1) is 10.7. The first-order valence-corrected chi connectivity index (χ1v) is 5.66. The third kappa shape index (κ3) is 1.95. The Labute approximate surface area is 91.6 Å². The van der Waals surface area contributed by atoms with Crippen LogP contribution in [0, 0.1) is 18.3 Å². The maximum Gasteiger partial charge on any atom is 0.172 e. The third-order valence-electron chi connectivity index (χ3n) is 3.47. The molecule has 0 bridgehead atoms. The van der Waals surface area contributed by atoms with E-state index in [-0.39, 0.29) is 5.79 Å². The third-order valence-corrected chi connectivity index (χ3v) is 3.47. The highest BCUT2D eigenvalue weighted by atomic mass is 16.7. The van der Waals surface area contributed by atoms with Gasteiger partial charge in [-0.1, -0.05) is 11.6 Å². The molecule has 0 amide bonds. The normalized spacial score (nSPS) is 32.0. The topological polar surface area (TPSA) is 18.5 Å². The van der Waals surface area contributed by atoms with E-state index in [1.165, 1.54) is 5.57 Å². The minimum absolute atomic E-state index is 0.338. The van der Waals surface area contributed by atoms with Crippen LogP contribution in [-0.4, -0.2) is 19.0 Å². The average Bonchev–Trinajstić information content (AvgIpc) is 2.72. The van der Waals surface area contributed by atoms with Crippen LogP contribution in [0.3, 0.4) is 0 Å². The molecule has 0 aromatic carbocycles. The Kier molecular flexibility index (Phi) is 3.14. The minimum atomic E-state index is -0.362. The largest absolute Gasteiger partial charge is 0.347 e. The fourth-order valence-electron chi connectivity index (χ4n) is 2.60. The Bertz CT molecular complexity index is 292. The molecule has 2 heteroatoms. The summed E-state index contributed by atoms with van der Waals surface area (Å²) in [5, 5.41) is 0. The van der Waals surface area contributed by atoms with Crippen molar-refractivity contribution in [2.24, 2.45) is 5.92 Å². The van der Waals surface area contributed by atoms with E-state index in [1.54, 1.807) is 0 Å². The van der Waals surface area contributed by atoms with Crippen LogP contribution in [0.4, 0.5) is 0 Å². The molecule has 1 saturated heterocycles. The van der Waals surface area contributed by atoms with Crippen molar-refractivity contribution in [1.29, 1.82) is 0 Å². The van der Waals surface area contributed by atoms with Crippen molar-refractivity contribution < 1.29 is 9.47 Å². The van der Waals surface area contributed by atoms with Gasteiger partial charge < -0.3 is 9.47 Å². The number of hydrogen-bond donors (Lipinski definition) is 0. The number of terminal acetylenes is 1. The van der Waals surface area contributed by atoms with Crippen LogP contribution in [-0.2, 0) is 9.47 Å². The van der Waals surface area contributed by atoms with E-state index in [0.29, 0.717) is 19.1 Å². The van der Waals surface area contributed by atoms with Gasteiger partial charge in [0.25, 0.3) is 0 Å². The first-order valence-electron chi connectivity index (χ1n) is 5.66. The second-order valence-electron chi connectivity index (χ2n) is 4.26. The summed E-state index contributed by atoms with van der Waals surface area (Å²) in [6.07, 6.45) is 11.4. The van der Waals surface area contributed by atoms with Crippen LogP contribution in [0.5, 0.6) is 0 Å². The standard InChI is InChI=1S/C13H18O2/c1-3-5-12-10-11(4-2)6-7-13(12)14-8-9-15-13/h1,4,12H,5-10H2,2H3/b11-4+. The molecule has 1 atom stereocenters. The van der Waals surface area contributed by atoms with E-state index in [4.69, 9.17) is 15.9 Å². The molecule has 1 saturated carbocycles. The Hall–Kier alpha value is -0.780. The number of allylic oxidation sites excluding steroid dienone is 2. The monoisotopic (exact) mass is 206 g/mol. The van der Waals surface area contributed by atoms with Gasteiger partial charge in [-0.05, 0) is 19.8 Å². The Balaban J connectivity index is 2.14. The summed E-state index contributed by atoms with van der Waals surface area (Å²) in [7, 11) is 0. The molecule has 1 aliphatic heterocycles. The number of ether oxygens (including phenoxy) is 2. The molecule has 82 valence electrons. The molecule has 1 heterocycles. The predicted octanol–water partition coefficient (Wildman–Crippen LogP) is 2.50. The van der Waals surface area contributed by atoms with Crippen LogP contribution >= 0.6 is 0 Å². The van der Waals surface area contributed by atoms with Crippen molar-refractivity contribution in [1.82, 2.24) is 0 Å². The highest BCUT2D eigenvalue weighted by molar-refractivity contribution is 5.11. The zero-order valence-electron chi connectivity index (χ0n) is 9.29. The molecule has 0 aromatic heterocycles. The molecule has 0 aromatic rings. The molecular formula is C13H18O2. The fourth-order valence-corrected chi connectivity index (χ4v) is 2.60. The number of rotatable bonds is 1. The van der Waals surface area contributed by atoms with E-state index >= 15 is 0 Å². The average molecular weight is 206 g/mol. The van der Waals surface area contributed by atoms with Crippen molar-refractivity contribution in [3.8, 4) is 12.3 Å². The molecule has 1 aliphatic carbocycles. The van der Waals surface area contributed by atoms with Crippen molar-refractivity contribution in [2.75, 3.05) is 13.2 Å². The molecule has 15 heavy (non-hydrogen) atoms. The van der Waals surface area contributed by atoms with E-state index in [9.17, 15) is 0 Å². The van der Waals surface area contributed by atoms with E-state index in [0.717, 1.165) is 25.7 Å². The molecule has 2 aliphatic rings. The highest BCUT2D eigenvalue weighted by Crippen LogP contribution is 2.43. The van der Waals surface area contributed by atoms with Gasteiger partial charge in [0, 0.05) is 18.8 Å². The van der Waals surface area contributed by atoms with Gasteiger partial charge in [-0.2, -0.15) is 0 Å². The van der Waals surface area contributed by atoms with Crippen molar-refractivity contribution in [3.63, 3.8) is 0 Å². The second-order valence-corrected chi connectivity index (χ2v) is 4.26. The van der Waals surface area contributed by atoms with Gasteiger partial charge in [-0.15, -0.1) is 12.3 Å². The summed E-state index contributed by atoms with van der Waals surface area (Å²) < 4.78 is 11.6. The summed E-state index contributed by atoms with van der Waals surface area (Å²) in [6.45, 7) is 3.52. The van der Waals surface area contributed by atoms with Gasteiger partial charge in [0.05, 0.1) is 13.2 Å². The van der Waals surface area contributed by atoms with Crippen LogP contribution in [0.15, 0.2) is 11.6 Å². The van der Waals surface area contributed by atoms with E-state index in [1.807, 2.05) is 0 Å². The summed E-state index contributed by atoms with van der Waals surface area (Å²) in [5.41, 5.74) is 1.49. The summed E-state index contributed by atoms with van der Waals surface area (Å²) >= 11 is 0. The van der Waals surface area contributed by atoms with Gasteiger partial charge in [0.2, 0.25) is 0 Å². The lowest BCUT2D eigenvalue weighted by atomic mass is 9.78. The van der Waals surface area contributed by atoms with Gasteiger partial charge in [-0.25, -0.2) is 0 Å². The maximum absolute atomic E-state index is 5.79. The maximum atomic E-state index is 5.79. The first-order chi connectivity index (χ1) is 7.30. The Morgan fingerprint density at radius 3 is 2.87 bits per heavy atom. The zero-order chi connectivity index (χ0) is 10.7. The fraction of sp³-hybridized carbons (Fsp3) is 0.692. The minimum Gasteiger partial charge on any atom is -0.347 e. The zero-order valence-corrected chi connectivity index (χ0v) is 9.29. The van der Waals surface area contributed by atoms with Gasteiger partial charge >= 0.3 is 0 Å². The number of hydrogen-bond acceptors (Lipinski definition) is 2. The van der Waals surface area contributed by atoms with E-state index in [2.05, 4.69) is 18.9 Å². The summed E-state index contributed by atoms with van der Waals surface area (Å²) in [5.74, 6) is 2.72. The summed E-state index contributed by atoms with van der Waals surface area (Å²) in [4.78, 5) is 0. The van der Waals surface area contributed by atoms with Crippen molar-refractivity contribution in [2.45, 2.75) is 38.4 Å². The lowest BCUT2D eigenvalue weighted by Gasteiger charge is -2.39. The smallest absolute Gasteiger partial charge is 0.172 e. The quantitative estimate of drug-likeness (QED) is 0.485. The Morgan fingerprint density at radius 1 is 1.53 bits per heavy atom. The second kappa shape index (κ2) is 4.38. The lowest BCUT2D eigenvalue weighted by Crippen LogP contribution is -2.42. The molecule has 2 fully saturated rings. The van der Waals surface area contributed by atoms with E-state index < -0.39 is 0 Å². The van der Waals surface area contributed by atoms with Gasteiger partial charge in [-0.3, -0.25) is 0 Å². The van der Waals surface area contributed by atoms with Crippen molar-refractivity contribution >= 4 is 0 Å². The predicted molar refractivity (Wildman–Crippen MR) is 59.2 cm³/mol. The molecule has 1 unspecified atom stereocenters. The molecule has 2 rings (SSSR count). The van der Waals surface area contributed by atoms with Gasteiger partial charge in [0.15, 0.2) is 5.79 Å². The molecule has 2 nitrogen and oxygen atoms in total. The lowest BCUT2D eigenvalue weighted by molar-refractivity contribution is -0.205. The highest BCUT2D eigenvalue weighted by Gasteiger charge is 2.46. The SMILES string of the molecule is C#CCC1C/C(=C/C)CCC12OCCO2. The van der Waals surface area contributed by atoms with Crippen LogP contribution in [0.2, 0.25) is 0 Å². The molecular weight excluding hydrogens is 188 g/mol.